The first kappa shape index (κ1) is 15.4. The van der Waals surface area contributed by atoms with E-state index < -0.39 is 18.5 Å². The number of anilines is 1. The van der Waals surface area contributed by atoms with Crippen LogP contribution in [0.15, 0.2) is 36.5 Å². The predicted octanol–water partition coefficient (Wildman–Crippen LogP) is 3.13. The summed E-state index contributed by atoms with van der Waals surface area (Å²) in [5.74, 6) is -1.07. The van der Waals surface area contributed by atoms with Crippen LogP contribution in [0.4, 0.5) is 5.69 Å². The van der Waals surface area contributed by atoms with E-state index in [1.54, 1.807) is 48.1 Å². The normalized spacial score (nSPS) is 10.2. The van der Waals surface area contributed by atoms with Crippen molar-refractivity contribution < 1.29 is 14.3 Å². The molecule has 0 saturated heterocycles. The Balaban J connectivity index is 1.92. The summed E-state index contributed by atoms with van der Waals surface area (Å²) in [5.41, 5.74) is 0.729. The molecule has 0 spiro atoms. The van der Waals surface area contributed by atoms with Gasteiger partial charge in [0, 0.05) is 13.2 Å². The van der Waals surface area contributed by atoms with Crippen LogP contribution in [0.1, 0.15) is 10.5 Å². The lowest BCUT2D eigenvalue weighted by molar-refractivity contribution is -0.119. The molecule has 5 nitrogen and oxygen atoms in total. The summed E-state index contributed by atoms with van der Waals surface area (Å²) in [4.78, 5) is 23.5. The molecule has 0 atom stereocenters. The number of hydrogen-bond donors (Lipinski definition) is 1. The number of rotatable bonds is 4. The van der Waals surface area contributed by atoms with Crippen molar-refractivity contribution in [1.82, 2.24) is 4.57 Å². The Kier molecular flexibility index (Phi) is 4.88. The van der Waals surface area contributed by atoms with Crippen LogP contribution in [0, 0.1) is 0 Å². The van der Waals surface area contributed by atoms with E-state index >= 15 is 0 Å². The second kappa shape index (κ2) is 6.65. The zero-order valence-corrected chi connectivity index (χ0v) is 12.6. The number of halogens is 2. The van der Waals surface area contributed by atoms with Gasteiger partial charge < -0.3 is 14.6 Å². The minimum atomic E-state index is -0.574. The fourth-order valence-electron chi connectivity index (χ4n) is 1.66. The van der Waals surface area contributed by atoms with Crippen molar-refractivity contribution >= 4 is 40.8 Å². The minimum Gasteiger partial charge on any atom is -0.451 e. The Hall–Kier alpha value is -1.98. The quantitative estimate of drug-likeness (QED) is 0.878. The van der Waals surface area contributed by atoms with Gasteiger partial charge in [0.05, 0.1) is 15.7 Å². The third-order valence-electron chi connectivity index (χ3n) is 2.71. The van der Waals surface area contributed by atoms with Gasteiger partial charge in [0.1, 0.15) is 5.69 Å². The van der Waals surface area contributed by atoms with Gasteiger partial charge in [0.2, 0.25) is 0 Å². The molecule has 0 aliphatic heterocycles. The van der Waals surface area contributed by atoms with Crippen LogP contribution in [0.3, 0.4) is 0 Å². The number of benzene rings is 1. The van der Waals surface area contributed by atoms with Crippen molar-refractivity contribution in [1.29, 1.82) is 0 Å². The average molecular weight is 327 g/mol. The first-order valence-electron chi connectivity index (χ1n) is 6.01. The molecule has 0 radical (unpaired) electrons. The van der Waals surface area contributed by atoms with Crippen LogP contribution in [0.2, 0.25) is 10.0 Å². The highest BCUT2D eigenvalue weighted by Gasteiger charge is 2.14. The minimum absolute atomic E-state index is 0.237. The van der Waals surface area contributed by atoms with Crippen LogP contribution in [0.5, 0.6) is 0 Å². The van der Waals surface area contributed by atoms with E-state index in [-0.39, 0.29) is 5.02 Å². The highest BCUT2D eigenvalue weighted by atomic mass is 35.5. The van der Waals surface area contributed by atoms with Crippen LogP contribution >= 0.6 is 23.2 Å². The number of amides is 1. The number of nitrogens with zero attached hydrogens (tertiary/aromatic N) is 1. The van der Waals surface area contributed by atoms with Crippen LogP contribution in [-0.4, -0.2) is 23.1 Å². The first-order valence-corrected chi connectivity index (χ1v) is 6.77. The molecule has 1 aromatic carbocycles. The smallest absolute Gasteiger partial charge is 0.355 e. The highest BCUT2D eigenvalue weighted by Crippen LogP contribution is 2.29. The summed E-state index contributed by atoms with van der Waals surface area (Å²) >= 11 is 11.8. The summed E-state index contributed by atoms with van der Waals surface area (Å²) in [7, 11) is 1.71. The van der Waals surface area contributed by atoms with Gasteiger partial charge in [-0.3, -0.25) is 4.79 Å². The summed E-state index contributed by atoms with van der Waals surface area (Å²) < 4.78 is 6.53. The number of esters is 1. The number of carbonyl (C=O) groups excluding carboxylic acids is 2. The topological polar surface area (TPSA) is 60.3 Å². The maximum atomic E-state index is 11.7. The van der Waals surface area contributed by atoms with Gasteiger partial charge in [-0.2, -0.15) is 0 Å². The lowest BCUT2D eigenvalue weighted by atomic mass is 10.3. The van der Waals surface area contributed by atoms with Crippen molar-refractivity contribution in [3.8, 4) is 0 Å². The molecule has 2 aromatic rings. The van der Waals surface area contributed by atoms with Gasteiger partial charge in [-0.15, -0.1) is 0 Å². The first-order chi connectivity index (χ1) is 9.99. The second-order valence-corrected chi connectivity index (χ2v) is 5.02. The molecule has 1 N–H and O–H groups in total. The molecule has 1 aromatic heterocycles. The molecule has 0 fully saturated rings. The lowest BCUT2D eigenvalue weighted by Crippen LogP contribution is -2.22. The van der Waals surface area contributed by atoms with Crippen molar-refractivity contribution in [2.75, 3.05) is 11.9 Å². The van der Waals surface area contributed by atoms with Gasteiger partial charge in [-0.1, -0.05) is 29.3 Å². The third kappa shape index (κ3) is 3.77. The maximum Gasteiger partial charge on any atom is 0.355 e. The second-order valence-electron chi connectivity index (χ2n) is 4.23. The van der Waals surface area contributed by atoms with Crippen molar-refractivity contribution in [3.05, 3.63) is 52.3 Å². The number of nitrogens with one attached hydrogen (secondary N) is 1. The zero-order valence-electron chi connectivity index (χ0n) is 11.1. The molecule has 1 amide bonds. The standard InChI is InChI=1S/C14H12Cl2N2O3/c1-18-7-3-6-11(18)14(20)21-8-12(19)17-10-5-2-4-9(15)13(10)16/h2-7H,8H2,1H3,(H,17,19). The molecule has 21 heavy (non-hydrogen) atoms. The molecule has 0 unspecified atom stereocenters. The SMILES string of the molecule is Cn1cccc1C(=O)OCC(=O)Nc1cccc(Cl)c1Cl. The number of aryl methyl sites for hydroxylation is 1. The van der Waals surface area contributed by atoms with Gasteiger partial charge in [0.15, 0.2) is 6.61 Å². The van der Waals surface area contributed by atoms with E-state index in [9.17, 15) is 9.59 Å². The van der Waals surface area contributed by atoms with E-state index in [2.05, 4.69) is 5.32 Å². The summed E-state index contributed by atoms with van der Waals surface area (Å²) in [6.45, 7) is -0.410. The molecule has 110 valence electrons. The molecule has 7 heteroatoms. The number of aromatic nitrogens is 1. The van der Waals surface area contributed by atoms with Gasteiger partial charge >= 0.3 is 5.97 Å². The van der Waals surface area contributed by atoms with Crippen molar-refractivity contribution in [2.45, 2.75) is 0 Å². The van der Waals surface area contributed by atoms with E-state index in [1.807, 2.05) is 0 Å². The number of hydrogen-bond acceptors (Lipinski definition) is 3. The molecular formula is C14H12Cl2N2O3. The summed E-state index contributed by atoms with van der Waals surface area (Å²) in [5, 5.41) is 3.09. The Morgan fingerprint density at radius 2 is 2.00 bits per heavy atom. The predicted molar refractivity (Wildman–Crippen MR) is 80.8 cm³/mol. The monoisotopic (exact) mass is 326 g/mol. The zero-order chi connectivity index (χ0) is 15.4. The summed E-state index contributed by atoms with van der Waals surface area (Å²) in [6.07, 6.45) is 1.71. The van der Waals surface area contributed by atoms with Gasteiger partial charge in [-0.25, -0.2) is 4.79 Å². The molecule has 1 heterocycles. The molecular weight excluding hydrogens is 315 g/mol. The van der Waals surface area contributed by atoms with E-state index in [1.165, 1.54) is 0 Å². The maximum absolute atomic E-state index is 11.7. The van der Waals surface area contributed by atoms with Gasteiger partial charge in [-0.05, 0) is 24.3 Å². The molecule has 0 saturated carbocycles. The summed E-state index contributed by atoms with van der Waals surface area (Å²) in [6, 6.07) is 8.18. The molecule has 2 rings (SSSR count). The Morgan fingerprint density at radius 3 is 2.67 bits per heavy atom. The van der Waals surface area contributed by atoms with Crippen molar-refractivity contribution in [3.63, 3.8) is 0 Å². The fourth-order valence-corrected chi connectivity index (χ4v) is 2.01. The van der Waals surface area contributed by atoms with Crippen LogP contribution < -0.4 is 5.32 Å². The lowest BCUT2D eigenvalue weighted by Gasteiger charge is -2.09. The average Bonchev–Trinajstić information content (AvgIpc) is 2.87. The van der Waals surface area contributed by atoms with E-state index in [0.717, 1.165) is 0 Å². The number of ether oxygens (including phenoxy) is 1. The molecule has 0 aliphatic carbocycles. The largest absolute Gasteiger partial charge is 0.451 e. The van der Waals surface area contributed by atoms with Crippen LogP contribution in [-0.2, 0) is 16.6 Å². The Labute approximate surface area is 131 Å². The Bertz CT molecular complexity index is 683. The van der Waals surface area contributed by atoms with Crippen molar-refractivity contribution in [2.24, 2.45) is 7.05 Å². The van der Waals surface area contributed by atoms with E-state index in [0.29, 0.717) is 16.4 Å². The molecule has 0 aliphatic rings. The van der Waals surface area contributed by atoms with Gasteiger partial charge in [0.25, 0.3) is 5.91 Å². The number of carbonyl (C=O) groups is 2. The molecule has 0 bridgehead atoms. The Morgan fingerprint density at radius 1 is 1.24 bits per heavy atom. The highest BCUT2D eigenvalue weighted by molar-refractivity contribution is 6.44. The fraction of sp³-hybridized carbons (Fsp3) is 0.143. The van der Waals surface area contributed by atoms with E-state index in [4.69, 9.17) is 27.9 Å². The van der Waals surface area contributed by atoms with Crippen LogP contribution in [0.25, 0.3) is 0 Å². The third-order valence-corrected chi connectivity index (χ3v) is 3.53.